The molecule has 1 aliphatic heterocycles. The molecule has 2 aromatic carbocycles. The second-order valence-corrected chi connectivity index (χ2v) is 8.87. The van der Waals surface area contributed by atoms with Crippen molar-refractivity contribution in [1.29, 1.82) is 0 Å². The van der Waals surface area contributed by atoms with Crippen LogP contribution in [0.2, 0.25) is 5.02 Å². The molecule has 2 fully saturated rings. The van der Waals surface area contributed by atoms with E-state index in [2.05, 4.69) is 27.0 Å². The molecular weight excluding hydrogens is 418 g/mol. The molecule has 1 saturated heterocycles. The smallest absolute Gasteiger partial charge is 0.159 e. The van der Waals surface area contributed by atoms with E-state index in [0.717, 1.165) is 56.5 Å². The summed E-state index contributed by atoms with van der Waals surface area (Å²) in [5.41, 5.74) is 2.51. The Morgan fingerprint density at radius 2 is 1.58 bits per heavy atom. The zero-order valence-electron chi connectivity index (χ0n) is 17.2. The van der Waals surface area contributed by atoms with Gasteiger partial charge in [0.2, 0.25) is 0 Å². The minimum atomic E-state index is -0.842. The summed E-state index contributed by atoms with van der Waals surface area (Å²) in [4.78, 5) is 5.02. The molecule has 31 heavy (non-hydrogen) atoms. The van der Waals surface area contributed by atoms with Gasteiger partial charge in [-0.15, -0.1) is 0 Å². The Labute approximate surface area is 186 Å². The van der Waals surface area contributed by atoms with Gasteiger partial charge in [-0.25, -0.2) is 8.78 Å². The van der Waals surface area contributed by atoms with Crippen LogP contribution in [0.15, 0.2) is 54.7 Å². The molecule has 2 atom stereocenters. The lowest BCUT2D eigenvalue weighted by atomic mass is 10.1. The average molecular weight is 443 g/mol. The number of anilines is 1. The fourth-order valence-corrected chi connectivity index (χ4v) is 4.98. The van der Waals surface area contributed by atoms with Crippen molar-refractivity contribution in [3.63, 3.8) is 0 Å². The predicted octanol–water partition coefficient (Wildman–Crippen LogP) is 5.40. The monoisotopic (exact) mass is 442 g/mol. The second-order valence-electron chi connectivity index (χ2n) is 8.43. The maximum atomic E-state index is 13.6. The third-order valence-corrected chi connectivity index (χ3v) is 6.85. The Morgan fingerprint density at radius 1 is 0.839 bits per heavy atom. The van der Waals surface area contributed by atoms with Crippen molar-refractivity contribution in [3.05, 3.63) is 71.4 Å². The number of benzene rings is 2. The highest BCUT2D eigenvalue weighted by molar-refractivity contribution is 6.30. The van der Waals surface area contributed by atoms with Gasteiger partial charge in [-0.1, -0.05) is 11.6 Å². The number of rotatable bonds is 4. The van der Waals surface area contributed by atoms with Gasteiger partial charge in [0, 0.05) is 54.7 Å². The highest BCUT2D eigenvalue weighted by Crippen LogP contribution is 2.34. The zero-order valence-corrected chi connectivity index (χ0v) is 18.0. The van der Waals surface area contributed by atoms with Crippen LogP contribution in [0.5, 0.6) is 0 Å². The van der Waals surface area contributed by atoms with Crippen LogP contribution in [-0.2, 0) is 0 Å². The molecule has 1 saturated carbocycles. The number of hydrogen-bond donors (Lipinski definition) is 0. The number of aromatic nitrogens is 2. The lowest BCUT2D eigenvalue weighted by Crippen LogP contribution is -2.49. The molecule has 2 heterocycles. The summed E-state index contributed by atoms with van der Waals surface area (Å²) in [6.07, 6.45) is 5.27. The topological polar surface area (TPSA) is 24.3 Å². The van der Waals surface area contributed by atoms with Gasteiger partial charge in [0.25, 0.3) is 0 Å². The first-order chi connectivity index (χ1) is 15.1. The van der Waals surface area contributed by atoms with Gasteiger partial charge in [-0.05, 0) is 67.8 Å². The van der Waals surface area contributed by atoms with Crippen LogP contribution in [0.3, 0.4) is 0 Å². The minimum absolute atomic E-state index is 0.346. The third-order valence-electron chi connectivity index (χ3n) is 6.60. The van der Waals surface area contributed by atoms with E-state index in [1.165, 1.54) is 11.8 Å². The van der Waals surface area contributed by atoms with Crippen LogP contribution >= 0.6 is 11.6 Å². The van der Waals surface area contributed by atoms with E-state index in [-0.39, 0.29) is 0 Å². The molecule has 0 spiro atoms. The average Bonchev–Trinajstić information content (AvgIpc) is 3.46. The molecule has 0 amide bonds. The fourth-order valence-electron chi connectivity index (χ4n) is 4.85. The van der Waals surface area contributed by atoms with Crippen molar-refractivity contribution in [2.45, 2.75) is 31.3 Å². The van der Waals surface area contributed by atoms with Gasteiger partial charge in [-0.3, -0.25) is 9.58 Å². The van der Waals surface area contributed by atoms with Gasteiger partial charge < -0.3 is 4.90 Å². The van der Waals surface area contributed by atoms with Gasteiger partial charge >= 0.3 is 0 Å². The SMILES string of the molecule is Fc1ccc(-c2ccn([C@@H]3CC[C@H](N4CCN(c5ccc(Cl)cc5)CC4)C3)n2)cc1F. The summed E-state index contributed by atoms with van der Waals surface area (Å²) in [6.45, 7) is 4.15. The van der Waals surface area contributed by atoms with E-state index >= 15 is 0 Å². The van der Waals surface area contributed by atoms with Crippen molar-refractivity contribution in [3.8, 4) is 11.3 Å². The molecule has 7 heteroatoms. The van der Waals surface area contributed by atoms with Crippen LogP contribution in [0, 0.1) is 11.6 Å². The maximum absolute atomic E-state index is 13.6. The van der Waals surface area contributed by atoms with E-state index in [1.807, 2.05) is 29.1 Å². The van der Waals surface area contributed by atoms with Crippen molar-refractivity contribution in [2.75, 3.05) is 31.1 Å². The first-order valence-corrected chi connectivity index (χ1v) is 11.2. The number of halogens is 3. The molecule has 1 aromatic heterocycles. The van der Waals surface area contributed by atoms with Crippen LogP contribution in [0.1, 0.15) is 25.3 Å². The van der Waals surface area contributed by atoms with Crippen molar-refractivity contribution < 1.29 is 8.78 Å². The van der Waals surface area contributed by atoms with E-state index in [0.29, 0.717) is 23.3 Å². The molecule has 4 nitrogen and oxygen atoms in total. The van der Waals surface area contributed by atoms with Crippen LogP contribution < -0.4 is 4.90 Å². The van der Waals surface area contributed by atoms with E-state index in [4.69, 9.17) is 11.6 Å². The lowest BCUT2D eigenvalue weighted by Gasteiger charge is -2.39. The number of piperazine rings is 1. The molecule has 0 unspecified atom stereocenters. The Bertz CT molecular complexity index is 1040. The summed E-state index contributed by atoms with van der Waals surface area (Å²) in [6, 6.07) is 14.8. The van der Waals surface area contributed by atoms with E-state index in [9.17, 15) is 8.78 Å². The quantitative estimate of drug-likeness (QED) is 0.541. The molecule has 1 aliphatic carbocycles. The van der Waals surface area contributed by atoms with E-state index < -0.39 is 11.6 Å². The van der Waals surface area contributed by atoms with E-state index in [1.54, 1.807) is 6.07 Å². The molecule has 5 rings (SSSR count). The summed E-state index contributed by atoms with van der Waals surface area (Å²) < 4.78 is 28.8. The second kappa shape index (κ2) is 8.60. The standard InChI is InChI=1S/C24H25ClF2N4/c25-18-2-4-19(5-3-18)29-11-13-30(14-12-29)20-6-7-21(16-20)31-10-9-24(28-31)17-1-8-22(26)23(27)15-17/h1-5,8-10,15,20-21H,6-7,11-14,16H2/t20-,21+/m0/s1. The van der Waals surface area contributed by atoms with Gasteiger partial charge in [0.15, 0.2) is 11.6 Å². The molecule has 0 radical (unpaired) electrons. The first-order valence-electron chi connectivity index (χ1n) is 10.8. The summed E-state index contributed by atoms with van der Waals surface area (Å²) in [5, 5.41) is 5.43. The molecule has 0 N–H and O–H groups in total. The highest BCUT2D eigenvalue weighted by atomic mass is 35.5. The Morgan fingerprint density at radius 3 is 2.32 bits per heavy atom. The maximum Gasteiger partial charge on any atom is 0.159 e. The Balaban J connectivity index is 1.19. The molecule has 2 aliphatic rings. The van der Waals surface area contributed by atoms with Gasteiger partial charge in [-0.2, -0.15) is 5.10 Å². The zero-order chi connectivity index (χ0) is 21.4. The van der Waals surface area contributed by atoms with Crippen molar-refractivity contribution in [2.24, 2.45) is 0 Å². The molecular formula is C24H25ClF2N4. The van der Waals surface area contributed by atoms with Crippen molar-refractivity contribution >= 4 is 17.3 Å². The largest absolute Gasteiger partial charge is 0.369 e. The van der Waals surface area contributed by atoms with Crippen molar-refractivity contribution in [1.82, 2.24) is 14.7 Å². The number of hydrogen-bond acceptors (Lipinski definition) is 3. The summed E-state index contributed by atoms with van der Waals surface area (Å²) in [5.74, 6) is -1.68. The molecule has 0 bridgehead atoms. The molecule has 162 valence electrons. The first kappa shape index (κ1) is 20.5. The summed E-state index contributed by atoms with van der Waals surface area (Å²) in [7, 11) is 0. The normalized spacial score (nSPS) is 22.2. The molecule has 3 aromatic rings. The van der Waals surface area contributed by atoms with Crippen LogP contribution in [0.25, 0.3) is 11.3 Å². The predicted molar refractivity (Wildman–Crippen MR) is 119 cm³/mol. The Hall–Kier alpha value is -2.44. The van der Waals surface area contributed by atoms with Gasteiger partial charge in [0.05, 0.1) is 11.7 Å². The van der Waals surface area contributed by atoms with Gasteiger partial charge in [0.1, 0.15) is 0 Å². The minimum Gasteiger partial charge on any atom is -0.369 e. The summed E-state index contributed by atoms with van der Waals surface area (Å²) >= 11 is 6.01. The third kappa shape index (κ3) is 4.32. The lowest BCUT2D eigenvalue weighted by molar-refractivity contribution is 0.183. The number of nitrogens with zero attached hydrogens (tertiary/aromatic N) is 4. The highest BCUT2D eigenvalue weighted by Gasteiger charge is 2.32. The van der Waals surface area contributed by atoms with Crippen LogP contribution in [-0.4, -0.2) is 46.9 Å². The fraction of sp³-hybridized carbons (Fsp3) is 0.375. The Kier molecular flexibility index (Phi) is 5.67. The van der Waals surface area contributed by atoms with Crippen LogP contribution in [0.4, 0.5) is 14.5 Å².